The Morgan fingerprint density at radius 3 is 1.82 bits per heavy atom. The number of rotatable bonds is 4. The van der Waals surface area contributed by atoms with Gasteiger partial charge < -0.3 is 9.47 Å². The smallest absolute Gasteiger partial charge is 0.0562 e. The lowest BCUT2D eigenvalue weighted by Gasteiger charge is -2.27. The van der Waals surface area contributed by atoms with Crippen molar-refractivity contribution in [1.82, 2.24) is 4.57 Å². The zero-order chi connectivity index (χ0) is 32.8. The Labute approximate surface area is 296 Å². The second kappa shape index (κ2) is 10.8. The van der Waals surface area contributed by atoms with E-state index in [9.17, 15) is 0 Å². The molecular formula is C46H28N2S2. The molecule has 0 fully saturated rings. The predicted octanol–water partition coefficient (Wildman–Crippen LogP) is 14.1. The highest BCUT2D eigenvalue weighted by molar-refractivity contribution is 7.26. The van der Waals surface area contributed by atoms with Crippen molar-refractivity contribution in [3.63, 3.8) is 0 Å². The molecule has 0 atom stereocenters. The van der Waals surface area contributed by atoms with E-state index in [0.29, 0.717) is 0 Å². The fourth-order valence-corrected chi connectivity index (χ4v) is 10.1. The van der Waals surface area contributed by atoms with Crippen LogP contribution >= 0.6 is 22.7 Å². The van der Waals surface area contributed by atoms with E-state index in [4.69, 9.17) is 0 Å². The zero-order valence-electron chi connectivity index (χ0n) is 26.9. The van der Waals surface area contributed by atoms with Crippen LogP contribution in [0.5, 0.6) is 0 Å². The minimum Gasteiger partial charge on any atom is -0.310 e. The summed E-state index contributed by atoms with van der Waals surface area (Å²) >= 11 is 3.74. The summed E-state index contributed by atoms with van der Waals surface area (Å²) in [5.41, 5.74) is 6.99. The van der Waals surface area contributed by atoms with Crippen LogP contribution in [0.1, 0.15) is 0 Å². The van der Waals surface area contributed by atoms with Crippen molar-refractivity contribution in [1.29, 1.82) is 0 Å². The molecule has 0 bridgehead atoms. The van der Waals surface area contributed by atoms with Crippen molar-refractivity contribution in [2.45, 2.75) is 0 Å². The first-order valence-corrected chi connectivity index (χ1v) is 18.6. The van der Waals surface area contributed by atoms with Gasteiger partial charge in [-0.1, -0.05) is 84.9 Å². The Morgan fingerprint density at radius 2 is 1.00 bits per heavy atom. The van der Waals surface area contributed by atoms with Gasteiger partial charge in [-0.15, -0.1) is 22.7 Å². The van der Waals surface area contributed by atoms with E-state index in [1.165, 1.54) is 72.9 Å². The number of hydrogen-bond donors (Lipinski definition) is 0. The van der Waals surface area contributed by atoms with Crippen molar-refractivity contribution in [2.75, 3.05) is 4.90 Å². The third kappa shape index (κ3) is 4.13. The van der Waals surface area contributed by atoms with Crippen LogP contribution in [0.4, 0.5) is 17.1 Å². The molecule has 3 aromatic heterocycles. The van der Waals surface area contributed by atoms with Gasteiger partial charge in [0.05, 0.1) is 16.7 Å². The summed E-state index contributed by atoms with van der Waals surface area (Å²) in [7, 11) is 0. The molecular weight excluding hydrogens is 645 g/mol. The van der Waals surface area contributed by atoms with E-state index >= 15 is 0 Å². The lowest BCUT2D eigenvalue weighted by molar-refractivity contribution is 1.18. The minimum atomic E-state index is 1.14. The molecule has 3 heterocycles. The number of fused-ring (bicyclic) bond motifs is 10. The van der Waals surface area contributed by atoms with E-state index in [-0.39, 0.29) is 0 Å². The van der Waals surface area contributed by atoms with Gasteiger partial charge in [0.25, 0.3) is 0 Å². The average molecular weight is 673 g/mol. The summed E-state index contributed by atoms with van der Waals surface area (Å²) in [5, 5.41) is 10.2. The first kappa shape index (κ1) is 28.0. The molecule has 0 amide bonds. The maximum absolute atomic E-state index is 2.48. The van der Waals surface area contributed by atoms with Crippen LogP contribution in [0.25, 0.3) is 78.6 Å². The number of nitrogens with zero attached hydrogens (tertiary/aromatic N) is 2. The average Bonchev–Trinajstić information content (AvgIpc) is 3.84. The minimum absolute atomic E-state index is 1.14. The molecule has 0 N–H and O–H groups in total. The standard InChI is InChI=1S/C46H28N2S2/c1-2-11-31(12-3-1)48-39-16-7-4-15-36(39)46-40(17-10-18-41(46)48)47(33-23-24-44-38(28-33)35-14-6-8-19-42(35)49-44)32-22-21-29-27-45-37(26-30(29)25-32)34-13-5-9-20-43(34)50-45/h1-28H. The summed E-state index contributed by atoms with van der Waals surface area (Å²) in [6, 6.07) is 62.6. The van der Waals surface area contributed by atoms with E-state index in [2.05, 4.69) is 179 Å². The van der Waals surface area contributed by atoms with Gasteiger partial charge in [-0.2, -0.15) is 0 Å². The van der Waals surface area contributed by atoms with Crippen molar-refractivity contribution >= 4 is 113 Å². The topological polar surface area (TPSA) is 8.17 Å². The predicted molar refractivity (Wildman–Crippen MR) is 219 cm³/mol. The van der Waals surface area contributed by atoms with Gasteiger partial charge in [-0.25, -0.2) is 0 Å². The lowest BCUT2D eigenvalue weighted by atomic mass is 10.0. The van der Waals surface area contributed by atoms with Crippen molar-refractivity contribution < 1.29 is 0 Å². The van der Waals surface area contributed by atoms with Crippen LogP contribution in [-0.4, -0.2) is 4.57 Å². The monoisotopic (exact) mass is 672 g/mol. The molecule has 8 aromatic carbocycles. The van der Waals surface area contributed by atoms with Gasteiger partial charge >= 0.3 is 0 Å². The third-order valence-corrected chi connectivity index (χ3v) is 12.4. The molecule has 234 valence electrons. The van der Waals surface area contributed by atoms with Gasteiger partial charge in [0, 0.05) is 68.2 Å². The van der Waals surface area contributed by atoms with Crippen LogP contribution < -0.4 is 4.90 Å². The van der Waals surface area contributed by atoms with Crippen molar-refractivity contribution in [3.8, 4) is 5.69 Å². The number of aromatic nitrogens is 1. The highest BCUT2D eigenvalue weighted by Crippen LogP contribution is 2.46. The molecule has 0 aliphatic rings. The van der Waals surface area contributed by atoms with Gasteiger partial charge in [0.1, 0.15) is 0 Å². The van der Waals surface area contributed by atoms with Crippen LogP contribution in [0, 0.1) is 0 Å². The summed E-state index contributed by atoms with van der Waals surface area (Å²) < 4.78 is 7.69. The lowest BCUT2D eigenvalue weighted by Crippen LogP contribution is -2.10. The molecule has 0 saturated heterocycles. The highest BCUT2D eigenvalue weighted by atomic mass is 32.1. The largest absolute Gasteiger partial charge is 0.310 e. The Balaban J connectivity index is 1.22. The van der Waals surface area contributed by atoms with E-state index in [1.54, 1.807) is 0 Å². The summed E-state index contributed by atoms with van der Waals surface area (Å²) in [4.78, 5) is 2.48. The van der Waals surface area contributed by atoms with Crippen LogP contribution in [0.2, 0.25) is 0 Å². The number of hydrogen-bond acceptors (Lipinski definition) is 3. The number of benzene rings is 8. The van der Waals surface area contributed by atoms with Crippen molar-refractivity contribution in [3.05, 3.63) is 170 Å². The van der Waals surface area contributed by atoms with E-state index in [0.717, 1.165) is 22.7 Å². The second-order valence-electron chi connectivity index (χ2n) is 13.0. The van der Waals surface area contributed by atoms with E-state index in [1.807, 2.05) is 22.7 Å². The first-order chi connectivity index (χ1) is 24.8. The molecule has 11 aromatic rings. The molecule has 0 saturated carbocycles. The molecule has 4 heteroatoms. The highest BCUT2D eigenvalue weighted by Gasteiger charge is 2.22. The molecule has 0 radical (unpaired) electrons. The first-order valence-electron chi connectivity index (χ1n) is 16.9. The molecule has 0 unspecified atom stereocenters. The fourth-order valence-electron chi connectivity index (χ4n) is 7.92. The van der Waals surface area contributed by atoms with Crippen LogP contribution in [0.3, 0.4) is 0 Å². The van der Waals surface area contributed by atoms with Gasteiger partial charge in [-0.3, -0.25) is 0 Å². The Kier molecular flexibility index (Phi) is 6.03. The summed E-state index contributed by atoms with van der Waals surface area (Å²) in [5.74, 6) is 0. The maximum Gasteiger partial charge on any atom is 0.0562 e. The van der Waals surface area contributed by atoms with E-state index < -0.39 is 0 Å². The molecule has 50 heavy (non-hydrogen) atoms. The summed E-state index contributed by atoms with van der Waals surface area (Å²) in [6.45, 7) is 0. The van der Waals surface area contributed by atoms with Crippen LogP contribution in [-0.2, 0) is 0 Å². The second-order valence-corrected chi connectivity index (χ2v) is 15.1. The number of thiophene rings is 2. The van der Waals surface area contributed by atoms with Gasteiger partial charge in [0.2, 0.25) is 0 Å². The van der Waals surface area contributed by atoms with Gasteiger partial charge in [-0.05, 0) is 95.7 Å². The fraction of sp³-hybridized carbons (Fsp3) is 0. The number of anilines is 3. The molecule has 2 nitrogen and oxygen atoms in total. The molecule has 0 aliphatic carbocycles. The Bertz CT molecular complexity index is 3110. The molecule has 0 aliphatic heterocycles. The van der Waals surface area contributed by atoms with Crippen LogP contribution in [0.15, 0.2) is 170 Å². The number of para-hydroxylation sites is 2. The van der Waals surface area contributed by atoms with Gasteiger partial charge in [0.15, 0.2) is 0 Å². The molecule has 11 rings (SSSR count). The SMILES string of the molecule is c1ccc(-n2c3ccccc3c3c(N(c4ccc5cc6sc7ccccc7c6cc5c4)c4ccc5sc6ccccc6c5c4)cccc32)cc1. The van der Waals surface area contributed by atoms with Crippen molar-refractivity contribution in [2.24, 2.45) is 0 Å². The normalized spacial score (nSPS) is 12.0. The molecule has 0 spiro atoms. The Morgan fingerprint density at radius 1 is 0.380 bits per heavy atom. The Hall–Kier alpha value is -5.94. The quantitative estimate of drug-likeness (QED) is 0.181. The zero-order valence-corrected chi connectivity index (χ0v) is 28.5. The maximum atomic E-state index is 2.48. The summed E-state index contributed by atoms with van der Waals surface area (Å²) in [6.07, 6.45) is 0. The third-order valence-electron chi connectivity index (χ3n) is 10.1.